The number of pyridine rings is 1. The minimum Gasteiger partial charge on any atom is -0.299 e. The van der Waals surface area contributed by atoms with Gasteiger partial charge in [0.1, 0.15) is 0 Å². The normalized spacial score (nSPS) is 31.4. The molecule has 2 bridgehead atoms. The highest BCUT2D eigenvalue weighted by molar-refractivity contribution is 5.81. The lowest BCUT2D eigenvalue weighted by molar-refractivity contribution is 0.0196. The first-order valence-electron chi connectivity index (χ1n) is 8.04. The van der Waals surface area contributed by atoms with Gasteiger partial charge in [0.15, 0.2) is 0 Å². The van der Waals surface area contributed by atoms with Crippen LogP contribution in [0.1, 0.15) is 18.4 Å². The average Bonchev–Trinajstić information content (AvgIpc) is 2.56. The van der Waals surface area contributed by atoms with E-state index in [-0.39, 0.29) is 0 Å². The molecule has 2 nitrogen and oxygen atoms in total. The molecular weight excluding hydrogens is 256 g/mol. The van der Waals surface area contributed by atoms with E-state index in [1.807, 2.05) is 6.20 Å². The zero-order chi connectivity index (χ0) is 14.2. The van der Waals surface area contributed by atoms with E-state index in [1.54, 1.807) is 0 Å². The van der Waals surface area contributed by atoms with Gasteiger partial charge in [0, 0.05) is 24.2 Å². The molecule has 3 aliphatic rings. The van der Waals surface area contributed by atoms with Crippen molar-refractivity contribution < 1.29 is 0 Å². The van der Waals surface area contributed by atoms with E-state index in [0.29, 0.717) is 12.0 Å². The van der Waals surface area contributed by atoms with Crippen molar-refractivity contribution in [1.82, 2.24) is 9.88 Å². The van der Waals surface area contributed by atoms with Crippen LogP contribution in [0.15, 0.2) is 49.2 Å². The van der Waals surface area contributed by atoms with Crippen molar-refractivity contribution in [3.8, 4) is 0 Å². The number of fused-ring (bicyclic) bond motifs is 4. The summed E-state index contributed by atoms with van der Waals surface area (Å²) < 4.78 is 0. The summed E-state index contributed by atoms with van der Waals surface area (Å²) in [7, 11) is 0. The lowest BCUT2D eigenvalue weighted by atomic mass is 9.74. The zero-order valence-corrected chi connectivity index (χ0v) is 12.4. The van der Waals surface area contributed by atoms with Gasteiger partial charge in [-0.2, -0.15) is 0 Å². The Morgan fingerprint density at radius 1 is 1.29 bits per heavy atom. The smallest absolute Gasteiger partial charge is 0.0704 e. The molecule has 0 spiro atoms. The van der Waals surface area contributed by atoms with Crippen LogP contribution in [0.4, 0.5) is 0 Å². The molecule has 0 radical (unpaired) electrons. The molecule has 0 N–H and O–H groups in total. The number of para-hydroxylation sites is 1. The van der Waals surface area contributed by atoms with Crippen molar-refractivity contribution in [1.29, 1.82) is 0 Å². The second kappa shape index (κ2) is 5.27. The van der Waals surface area contributed by atoms with Gasteiger partial charge < -0.3 is 0 Å². The van der Waals surface area contributed by atoms with Gasteiger partial charge >= 0.3 is 0 Å². The predicted octanol–water partition coefficient (Wildman–Crippen LogP) is 3.67. The maximum absolute atomic E-state index is 4.48. The zero-order valence-electron chi connectivity index (χ0n) is 12.4. The monoisotopic (exact) mass is 278 g/mol. The summed E-state index contributed by atoms with van der Waals surface area (Å²) in [6.45, 7) is 6.49. The van der Waals surface area contributed by atoms with Crippen molar-refractivity contribution >= 4 is 10.9 Å². The van der Waals surface area contributed by atoms with Crippen LogP contribution in [0, 0.1) is 11.8 Å². The molecule has 3 saturated heterocycles. The van der Waals surface area contributed by atoms with Crippen LogP contribution in [-0.4, -0.2) is 29.0 Å². The minimum absolute atomic E-state index is 0.700. The number of hydrogen-bond acceptors (Lipinski definition) is 2. The third-order valence-electron chi connectivity index (χ3n) is 5.43. The van der Waals surface area contributed by atoms with Crippen molar-refractivity contribution in [2.24, 2.45) is 11.8 Å². The highest BCUT2D eigenvalue weighted by Gasteiger charge is 2.38. The summed E-state index contributed by atoms with van der Waals surface area (Å²) in [6.07, 6.45) is 7.97. The first-order chi connectivity index (χ1) is 10.3. The number of aromatic nitrogens is 1. The molecule has 1 unspecified atom stereocenters. The van der Waals surface area contributed by atoms with E-state index < -0.39 is 0 Å². The molecule has 3 aliphatic heterocycles. The van der Waals surface area contributed by atoms with E-state index in [1.165, 1.54) is 36.9 Å². The van der Waals surface area contributed by atoms with E-state index >= 15 is 0 Å². The second-order valence-electron chi connectivity index (χ2n) is 6.52. The molecule has 4 atom stereocenters. The quantitative estimate of drug-likeness (QED) is 0.796. The Kier molecular flexibility index (Phi) is 3.27. The molecule has 108 valence electrons. The highest BCUT2D eigenvalue weighted by Crippen LogP contribution is 2.38. The molecule has 0 saturated carbocycles. The van der Waals surface area contributed by atoms with E-state index in [0.717, 1.165) is 17.9 Å². The van der Waals surface area contributed by atoms with Crippen molar-refractivity contribution in [3.05, 3.63) is 54.7 Å². The molecule has 0 amide bonds. The van der Waals surface area contributed by atoms with Crippen molar-refractivity contribution in [2.45, 2.75) is 25.3 Å². The molecule has 3 fully saturated rings. The summed E-state index contributed by atoms with van der Waals surface area (Å²) in [4.78, 5) is 7.16. The molecule has 5 rings (SSSR count). The third kappa shape index (κ3) is 2.28. The fraction of sp³-hybridized carbons (Fsp3) is 0.421. The number of piperidine rings is 3. The van der Waals surface area contributed by atoms with Gasteiger partial charge in [-0.25, -0.2) is 0 Å². The van der Waals surface area contributed by atoms with Gasteiger partial charge in [-0.3, -0.25) is 9.88 Å². The van der Waals surface area contributed by atoms with Crippen molar-refractivity contribution in [2.75, 3.05) is 13.1 Å². The van der Waals surface area contributed by atoms with Crippen LogP contribution in [0.2, 0.25) is 0 Å². The van der Waals surface area contributed by atoms with Gasteiger partial charge in [-0.05, 0) is 55.3 Å². The number of hydrogen-bond donors (Lipinski definition) is 0. The Bertz CT molecular complexity index is 658. The standard InChI is InChI=1S/C19H22N2/c1-2-14-13-21-10-8-15(14)11-17(21)12-16-7-9-20-19-6-4-3-5-18(16)19/h2-7,9,14-15,17H,1,8,10-13H2/t14-,15-,17+/m0/s1. The fourth-order valence-electron chi connectivity index (χ4n) is 4.25. The maximum atomic E-state index is 4.48. The Hall–Kier alpha value is -1.67. The number of rotatable bonds is 3. The van der Waals surface area contributed by atoms with Crippen LogP contribution in [0.5, 0.6) is 0 Å². The Balaban J connectivity index is 1.60. The highest BCUT2D eigenvalue weighted by atomic mass is 15.2. The van der Waals surface area contributed by atoms with Crippen LogP contribution in [0.3, 0.4) is 0 Å². The minimum atomic E-state index is 0.700. The lowest BCUT2D eigenvalue weighted by Crippen LogP contribution is -2.53. The first kappa shape index (κ1) is 13.0. The topological polar surface area (TPSA) is 16.1 Å². The summed E-state index contributed by atoms with van der Waals surface area (Å²) in [5.41, 5.74) is 2.57. The SMILES string of the molecule is C=C[C@H]1CN2CC[C@H]1C[C@@H]2Cc1ccnc2ccccc12. The molecule has 0 aliphatic carbocycles. The average molecular weight is 278 g/mol. The van der Waals surface area contributed by atoms with Gasteiger partial charge in [-0.15, -0.1) is 6.58 Å². The van der Waals surface area contributed by atoms with Gasteiger partial charge in [-0.1, -0.05) is 24.3 Å². The third-order valence-corrected chi connectivity index (χ3v) is 5.43. The molecule has 2 heteroatoms. The largest absolute Gasteiger partial charge is 0.299 e. The van der Waals surface area contributed by atoms with Crippen LogP contribution >= 0.6 is 0 Å². The van der Waals surface area contributed by atoms with Gasteiger partial charge in [0.2, 0.25) is 0 Å². The van der Waals surface area contributed by atoms with Gasteiger partial charge in [0.05, 0.1) is 5.52 Å². The summed E-state index contributed by atoms with van der Waals surface area (Å²) in [5, 5.41) is 1.32. The van der Waals surface area contributed by atoms with Crippen LogP contribution < -0.4 is 0 Å². The van der Waals surface area contributed by atoms with Gasteiger partial charge in [0.25, 0.3) is 0 Å². The molecule has 1 aromatic heterocycles. The number of nitrogens with zero attached hydrogens (tertiary/aromatic N) is 2. The van der Waals surface area contributed by atoms with Crippen LogP contribution in [0.25, 0.3) is 10.9 Å². The molecule has 4 heterocycles. The predicted molar refractivity (Wildman–Crippen MR) is 87.2 cm³/mol. The summed E-state index contributed by atoms with van der Waals surface area (Å²) >= 11 is 0. The lowest BCUT2D eigenvalue weighted by Gasteiger charge is -2.49. The first-order valence-corrected chi connectivity index (χ1v) is 8.04. The summed E-state index contributed by atoms with van der Waals surface area (Å²) in [5.74, 6) is 1.56. The van der Waals surface area contributed by atoms with Crippen molar-refractivity contribution in [3.63, 3.8) is 0 Å². The molecular formula is C19H22N2. The maximum Gasteiger partial charge on any atom is 0.0704 e. The molecule has 21 heavy (non-hydrogen) atoms. The van der Waals surface area contributed by atoms with E-state index in [9.17, 15) is 0 Å². The molecule has 2 aromatic rings. The van der Waals surface area contributed by atoms with E-state index in [4.69, 9.17) is 0 Å². The number of benzene rings is 1. The second-order valence-corrected chi connectivity index (χ2v) is 6.52. The Labute approximate surface area is 126 Å². The molecule has 1 aromatic carbocycles. The van der Waals surface area contributed by atoms with Crippen LogP contribution in [-0.2, 0) is 6.42 Å². The Morgan fingerprint density at radius 2 is 2.19 bits per heavy atom. The Morgan fingerprint density at radius 3 is 3.00 bits per heavy atom. The fourth-order valence-corrected chi connectivity index (χ4v) is 4.25. The van der Waals surface area contributed by atoms with E-state index in [2.05, 4.69) is 52.9 Å². The summed E-state index contributed by atoms with van der Waals surface area (Å²) in [6, 6.07) is 11.4.